The summed E-state index contributed by atoms with van der Waals surface area (Å²) in [4.78, 5) is 13.4. The Morgan fingerprint density at radius 3 is 2.80 bits per heavy atom. The minimum absolute atomic E-state index is 0.209. The molecule has 5 nitrogen and oxygen atoms in total. The summed E-state index contributed by atoms with van der Waals surface area (Å²) >= 11 is 3.50. The molecule has 110 valence electrons. The molecule has 1 aromatic rings. The highest BCUT2D eigenvalue weighted by atomic mass is 79.9. The van der Waals surface area contributed by atoms with Gasteiger partial charge in [-0.05, 0) is 53.9 Å². The fourth-order valence-corrected chi connectivity index (χ4v) is 2.80. The number of benzene rings is 1. The Balaban J connectivity index is 1.86. The van der Waals surface area contributed by atoms with E-state index in [-0.39, 0.29) is 6.09 Å². The van der Waals surface area contributed by atoms with E-state index in [1.54, 1.807) is 4.90 Å². The highest BCUT2D eigenvalue weighted by Gasteiger charge is 2.23. The number of amides is 1. The normalized spacial score (nSPS) is 16.0. The van der Waals surface area contributed by atoms with Gasteiger partial charge in [-0.25, -0.2) is 4.79 Å². The highest BCUT2D eigenvalue weighted by molar-refractivity contribution is 9.10. The van der Waals surface area contributed by atoms with Crippen molar-refractivity contribution >= 4 is 33.4 Å². The number of likely N-dealkylation sites (tertiary alicyclic amines) is 1. The topological polar surface area (TPSA) is 67.6 Å². The Labute approximate surface area is 127 Å². The van der Waals surface area contributed by atoms with E-state index in [0.29, 0.717) is 12.6 Å². The SMILES string of the molecule is CCOC(=O)N1CCC(Nc2ccc(N)cc2Br)CC1. The molecule has 1 aliphatic rings. The molecule has 0 aliphatic carbocycles. The van der Waals surface area contributed by atoms with Crippen molar-refractivity contribution in [3.63, 3.8) is 0 Å². The minimum atomic E-state index is -0.209. The number of piperidine rings is 1. The first-order valence-corrected chi connectivity index (χ1v) is 7.62. The fourth-order valence-electron chi connectivity index (χ4n) is 2.29. The predicted molar refractivity (Wildman–Crippen MR) is 83.8 cm³/mol. The Hall–Kier alpha value is -1.43. The molecule has 0 saturated carbocycles. The van der Waals surface area contributed by atoms with Gasteiger partial charge in [-0.1, -0.05) is 0 Å². The number of hydrogen-bond donors (Lipinski definition) is 2. The monoisotopic (exact) mass is 341 g/mol. The summed E-state index contributed by atoms with van der Waals surface area (Å²) in [5.74, 6) is 0. The van der Waals surface area contributed by atoms with E-state index in [2.05, 4.69) is 21.2 Å². The van der Waals surface area contributed by atoms with E-state index >= 15 is 0 Å². The lowest BCUT2D eigenvalue weighted by Crippen LogP contribution is -2.42. The molecule has 0 atom stereocenters. The highest BCUT2D eigenvalue weighted by Crippen LogP contribution is 2.27. The number of nitrogens with one attached hydrogen (secondary N) is 1. The number of nitrogens with zero attached hydrogens (tertiary/aromatic N) is 1. The Bertz CT molecular complexity index is 473. The van der Waals surface area contributed by atoms with Crippen molar-refractivity contribution in [3.8, 4) is 0 Å². The van der Waals surface area contributed by atoms with Crippen LogP contribution in [0.5, 0.6) is 0 Å². The molecule has 0 bridgehead atoms. The van der Waals surface area contributed by atoms with Crippen molar-refractivity contribution in [1.82, 2.24) is 4.90 Å². The summed E-state index contributed by atoms with van der Waals surface area (Å²) in [5.41, 5.74) is 7.50. The molecule has 2 rings (SSSR count). The van der Waals surface area contributed by atoms with Crippen LogP contribution < -0.4 is 11.1 Å². The number of ether oxygens (including phenoxy) is 1. The maximum absolute atomic E-state index is 11.6. The second-order valence-corrected chi connectivity index (χ2v) is 5.70. The van der Waals surface area contributed by atoms with Crippen LogP contribution in [0, 0.1) is 0 Å². The molecule has 0 radical (unpaired) electrons. The van der Waals surface area contributed by atoms with Crippen LogP contribution in [0.2, 0.25) is 0 Å². The van der Waals surface area contributed by atoms with E-state index in [9.17, 15) is 4.79 Å². The summed E-state index contributed by atoms with van der Waals surface area (Å²) in [6.07, 6.45) is 1.62. The number of rotatable bonds is 3. The van der Waals surface area contributed by atoms with Gasteiger partial charge in [-0.2, -0.15) is 0 Å². The Morgan fingerprint density at radius 1 is 1.50 bits per heavy atom. The first-order chi connectivity index (χ1) is 9.60. The number of nitrogens with two attached hydrogens (primary N) is 1. The zero-order chi connectivity index (χ0) is 14.5. The van der Waals surface area contributed by atoms with Crippen LogP contribution in [0.15, 0.2) is 22.7 Å². The van der Waals surface area contributed by atoms with E-state index in [4.69, 9.17) is 10.5 Å². The molecule has 1 heterocycles. The van der Waals surface area contributed by atoms with Crippen molar-refractivity contribution in [2.24, 2.45) is 0 Å². The summed E-state index contributed by atoms with van der Waals surface area (Å²) in [5, 5.41) is 3.49. The number of anilines is 2. The average molecular weight is 342 g/mol. The molecule has 6 heteroatoms. The van der Waals surface area contributed by atoms with Gasteiger partial charge < -0.3 is 20.7 Å². The molecule has 1 amide bonds. The van der Waals surface area contributed by atoms with Crippen LogP contribution >= 0.6 is 15.9 Å². The van der Waals surface area contributed by atoms with Gasteiger partial charge in [0.2, 0.25) is 0 Å². The van der Waals surface area contributed by atoms with Gasteiger partial charge in [-0.3, -0.25) is 0 Å². The van der Waals surface area contributed by atoms with E-state index in [1.807, 2.05) is 25.1 Å². The zero-order valence-corrected chi connectivity index (χ0v) is 13.1. The maximum atomic E-state index is 11.6. The zero-order valence-electron chi connectivity index (χ0n) is 11.6. The van der Waals surface area contributed by atoms with E-state index in [1.165, 1.54) is 0 Å². The second kappa shape index (κ2) is 6.83. The predicted octanol–water partition coefficient (Wildman–Crippen LogP) is 3.06. The summed E-state index contributed by atoms with van der Waals surface area (Å²) in [6, 6.07) is 6.09. The first-order valence-electron chi connectivity index (χ1n) is 6.83. The van der Waals surface area contributed by atoms with Gasteiger partial charge in [-0.15, -0.1) is 0 Å². The van der Waals surface area contributed by atoms with Gasteiger partial charge in [0.05, 0.1) is 6.61 Å². The summed E-state index contributed by atoms with van der Waals surface area (Å²) in [7, 11) is 0. The van der Waals surface area contributed by atoms with Gasteiger partial charge >= 0.3 is 6.09 Å². The summed E-state index contributed by atoms with van der Waals surface area (Å²) < 4.78 is 5.98. The molecular weight excluding hydrogens is 322 g/mol. The fraction of sp³-hybridized carbons (Fsp3) is 0.500. The standard InChI is InChI=1S/C14H20BrN3O2/c1-2-20-14(19)18-7-5-11(6-8-18)17-13-4-3-10(16)9-12(13)15/h3-4,9,11,17H,2,5-8,16H2,1H3. The smallest absolute Gasteiger partial charge is 0.409 e. The lowest BCUT2D eigenvalue weighted by molar-refractivity contribution is 0.0983. The molecule has 3 N–H and O–H groups in total. The van der Waals surface area contributed by atoms with Crippen molar-refractivity contribution < 1.29 is 9.53 Å². The quantitative estimate of drug-likeness (QED) is 0.829. The van der Waals surface area contributed by atoms with Crippen molar-refractivity contribution in [2.75, 3.05) is 30.7 Å². The minimum Gasteiger partial charge on any atom is -0.450 e. The van der Waals surface area contributed by atoms with E-state index < -0.39 is 0 Å². The lowest BCUT2D eigenvalue weighted by atomic mass is 10.0. The van der Waals surface area contributed by atoms with Crippen molar-refractivity contribution in [3.05, 3.63) is 22.7 Å². The van der Waals surface area contributed by atoms with Crippen molar-refractivity contribution in [1.29, 1.82) is 0 Å². The first kappa shape index (κ1) is 15.0. The summed E-state index contributed by atoms with van der Waals surface area (Å²) in [6.45, 7) is 3.70. The van der Waals surface area contributed by atoms with Crippen LogP contribution in [-0.4, -0.2) is 36.7 Å². The van der Waals surface area contributed by atoms with Crippen LogP contribution in [-0.2, 0) is 4.74 Å². The molecule has 0 spiro atoms. The number of carbonyl (C=O) groups is 1. The molecule has 1 aliphatic heterocycles. The van der Waals surface area contributed by atoms with Crippen LogP contribution in [0.25, 0.3) is 0 Å². The van der Waals surface area contributed by atoms with Gasteiger partial charge in [0.1, 0.15) is 0 Å². The molecule has 1 fully saturated rings. The Kier molecular flexibility index (Phi) is 5.11. The molecule has 20 heavy (non-hydrogen) atoms. The largest absolute Gasteiger partial charge is 0.450 e. The third-order valence-electron chi connectivity index (χ3n) is 3.37. The molecule has 1 saturated heterocycles. The third kappa shape index (κ3) is 3.79. The van der Waals surface area contributed by atoms with Crippen molar-refractivity contribution in [2.45, 2.75) is 25.8 Å². The molecule has 0 unspecified atom stereocenters. The average Bonchev–Trinajstić information content (AvgIpc) is 2.43. The van der Waals surface area contributed by atoms with Gasteiger partial charge in [0.15, 0.2) is 0 Å². The number of hydrogen-bond acceptors (Lipinski definition) is 4. The molecule has 1 aromatic carbocycles. The molecular formula is C14H20BrN3O2. The molecule has 0 aromatic heterocycles. The number of nitrogen functional groups attached to an aromatic ring is 1. The van der Waals surface area contributed by atoms with Gasteiger partial charge in [0, 0.05) is 35.0 Å². The van der Waals surface area contributed by atoms with Gasteiger partial charge in [0.25, 0.3) is 0 Å². The van der Waals surface area contributed by atoms with Crippen LogP contribution in [0.3, 0.4) is 0 Å². The number of carbonyl (C=O) groups excluding carboxylic acids is 1. The Morgan fingerprint density at radius 2 is 2.20 bits per heavy atom. The second-order valence-electron chi connectivity index (χ2n) is 4.84. The number of halogens is 1. The van der Waals surface area contributed by atoms with Crippen LogP contribution in [0.4, 0.5) is 16.2 Å². The van der Waals surface area contributed by atoms with E-state index in [0.717, 1.165) is 41.8 Å². The van der Waals surface area contributed by atoms with Crippen LogP contribution in [0.1, 0.15) is 19.8 Å². The third-order valence-corrected chi connectivity index (χ3v) is 4.03. The lowest BCUT2D eigenvalue weighted by Gasteiger charge is -2.32. The maximum Gasteiger partial charge on any atom is 0.409 e.